The molecule has 2 rings (SSSR count). The van der Waals surface area contributed by atoms with Crippen LogP contribution in [0.3, 0.4) is 0 Å². The van der Waals surface area contributed by atoms with E-state index in [4.69, 9.17) is 5.11 Å². The summed E-state index contributed by atoms with van der Waals surface area (Å²) in [4.78, 5) is 36.6. The molecule has 6 nitrogen and oxygen atoms in total. The van der Waals surface area contributed by atoms with Crippen LogP contribution in [-0.2, 0) is 14.4 Å². The Bertz CT molecular complexity index is 506. The molecule has 1 fully saturated rings. The fraction of sp³-hybridized carbons (Fsp3) is 0.308. The number of piperazine rings is 1. The van der Waals surface area contributed by atoms with Crippen molar-refractivity contribution < 1.29 is 19.5 Å². The van der Waals surface area contributed by atoms with Gasteiger partial charge in [0, 0.05) is 5.69 Å². The molecule has 1 heterocycles. The van der Waals surface area contributed by atoms with Crippen LogP contribution in [0.15, 0.2) is 24.3 Å². The summed E-state index contributed by atoms with van der Waals surface area (Å²) in [5, 5.41) is 8.66. The number of benzene rings is 1. The summed E-state index contributed by atoms with van der Waals surface area (Å²) in [5.74, 6) is -2.16. The predicted molar refractivity (Wildman–Crippen MR) is 67.7 cm³/mol. The molecule has 0 atom stereocenters. The minimum atomic E-state index is -1.19. The highest BCUT2D eigenvalue weighted by Crippen LogP contribution is 2.18. The summed E-state index contributed by atoms with van der Waals surface area (Å²) >= 11 is 0. The van der Waals surface area contributed by atoms with Crippen molar-refractivity contribution in [2.24, 2.45) is 0 Å². The van der Waals surface area contributed by atoms with E-state index in [1.54, 1.807) is 4.90 Å². The van der Waals surface area contributed by atoms with Gasteiger partial charge in [0.15, 0.2) is 0 Å². The Kier molecular flexibility index (Phi) is 3.50. The quantitative estimate of drug-likeness (QED) is 0.790. The van der Waals surface area contributed by atoms with Crippen LogP contribution in [0.2, 0.25) is 0 Å². The van der Waals surface area contributed by atoms with Crippen LogP contribution in [0.25, 0.3) is 0 Å². The fourth-order valence-electron chi connectivity index (χ4n) is 1.94. The number of carbonyl (C=O) groups is 3. The zero-order chi connectivity index (χ0) is 14.0. The number of amides is 2. The zero-order valence-electron chi connectivity index (χ0n) is 10.5. The third-order valence-electron chi connectivity index (χ3n) is 2.95. The molecule has 0 saturated carbocycles. The van der Waals surface area contributed by atoms with Gasteiger partial charge in [-0.25, -0.2) is 0 Å². The van der Waals surface area contributed by atoms with Gasteiger partial charge in [0.1, 0.15) is 6.54 Å². The average Bonchev–Trinajstić information content (AvgIpc) is 2.34. The van der Waals surface area contributed by atoms with E-state index < -0.39 is 24.3 Å². The molecule has 1 N–H and O–H groups in total. The van der Waals surface area contributed by atoms with E-state index in [2.05, 4.69) is 0 Å². The van der Waals surface area contributed by atoms with E-state index >= 15 is 0 Å². The number of aryl methyl sites for hydroxylation is 1. The van der Waals surface area contributed by atoms with E-state index in [1.807, 2.05) is 31.2 Å². The molecule has 19 heavy (non-hydrogen) atoms. The normalized spacial score (nSPS) is 15.8. The monoisotopic (exact) mass is 262 g/mol. The second kappa shape index (κ2) is 5.09. The molecular formula is C13H14N2O4. The van der Waals surface area contributed by atoms with Crippen molar-refractivity contribution in [1.29, 1.82) is 0 Å². The van der Waals surface area contributed by atoms with Gasteiger partial charge < -0.3 is 10.0 Å². The number of hydrogen-bond donors (Lipinski definition) is 1. The number of anilines is 1. The highest BCUT2D eigenvalue weighted by atomic mass is 16.4. The summed E-state index contributed by atoms with van der Waals surface area (Å²) in [6.07, 6.45) is 0. The highest BCUT2D eigenvalue weighted by Gasteiger charge is 2.32. The van der Waals surface area contributed by atoms with Gasteiger partial charge in [-0.1, -0.05) is 17.7 Å². The van der Waals surface area contributed by atoms with E-state index in [0.717, 1.165) is 16.2 Å². The van der Waals surface area contributed by atoms with Crippen molar-refractivity contribution in [2.45, 2.75) is 6.92 Å². The van der Waals surface area contributed by atoms with Crippen molar-refractivity contribution in [3.63, 3.8) is 0 Å². The van der Waals surface area contributed by atoms with E-state index in [0.29, 0.717) is 0 Å². The first-order valence-corrected chi connectivity index (χ1v) is 5.84. The third kappa shape index (κ3) is 2.90. The van der Waals surface area contributed by atoms with Gasteiger partial charge in [-0.05, 0) is 19.1 Å². The molecule has 0 spiro atoms. The lowest BCUT2D eigenvalue weighted by Crippen LogP contribution is -2.55. The average molecular weight is 262 g/mol. The first kappa shape index (κ1) is 13.1. The minimum absolute atomic E-state index is 0.0160. The molecule has 1 aliphatic rings. The lowest BCUT2D eigenvalue weighted by molar-refractivity contribution is -0.153. The molecule has 2 amide bonds. The number of carboxylic acid groups (broad SMARTS) is 1. The van der Waals surface area contributed by atoms with Crippen molar-refractivity contribution in [3.05, 3.63) is 29.8 Å². The Morgan fingerprint density at radius 3 is 2.16 bits per heavy atom. The summed E-state index contributed by atoms with van der Waals surface area (Å²) in [7, 11) is 0. The van der Waals surface area contributed by atoms with Gasteiger partial charge in [-0.15, -0.1) is 0 Å². The van der Waals surface area contributed by atoms with Gasteiger partial charge in [0.2, 0.25) is 11.8 Å². The van der Waals surface area contributed by atoms with Crippen molar-refractivity contribution in [1.82, 2.24) is 4.90 Å². The topological polar surface area (TPSA) is 77.9 Å². The predicted octanol–water partition coefficient (Wildman–Crippen LogP) is 0.255. The summed E-state index contributed by atoms with van der Waals surface area (Å²) in [6, 6.07) is 7.47. The van der Waals surface area contributed by atoms with Crippen LogP contribution < -0.4 is 4.90 Å². The number of imide groups is 1. The molecule has 0 bridgehead atoms. The Hall–Kier alpha value is -2.37. The molecular weight excluding hydrogens is 248 g/mol. The molecule has 6 heteroatoms. The highest BCUT2D eigenvalue weighted by molar-refractivity contribution is 6.04. The van der Waals surface area contributed by atoms with Crippen LogP contribution in [0.4, 0.5) is 5.69 Å². The maximum atomic E-state index is 11.8. The largest absolute Gasteiger partial charge is 0.480 e. The Balaban J connectivity index is 2.13. The number of aliphatic carboxylic acids is 1. The van der Waals surface area contributed by atoms with E-state index in [-0.39, 0.29) is 13.1 Å². The molecule has 1 aromatic rings. The Morgan fingerprint density at radius 2 is 1.68 bits per heavy atom. The van der Waals surface area contributed by atoms with E-state index in [9.17, 15) is 14.4 Å². The molecule has 100 valence electrons. The summed E-state index contributed by atoms with van der Waals surface area (Å²) in [5.41, 5.74) is 1.87. The molecule has 0 unspecified atom stereocenters. The van der Waals surface area contributed by atoms with Gasteiger partial charge in [0.05, 0.1) is 13.1 Å². The molecule has 0 radical (unpaired) electrons. The van der Waals surface area contributed by atoms with Crippen LogP contribution in [0.1, 0.15) is 5.56 Å². The molecule has 0 aliphatic carbocycles. The van der Waals surface area contributed by atoms with Gasteiger partial charge in [0.25, 0.3) is 0 Å². The SMILES string of the molecule is Cc1ccc(N2CC(=O)N(CC(=O)O)C(=O)C2)cc1. The minimum Gasteiger partial charge on any atom is -0.480 e. The Labute approximate surface area is 110 Å². The number of rotatable bonds is 3. The van der Waals surface area contributed by atoms with Crippen LogP contribution >= 0.6 is 0 Å². The molecule has 1 aliphatic heterocycles. The lowest BCUT2D eigenvalue weighted by Gasteiger charge is -2.33. The van der Waals surface area contributed by atoms with Gasteiger partial charge in [-0.3, -0.25) is 19.3 Å². The zero-order valence-corrected chi connectivity index (χ0v) is 10.5. The second-order valence-corrected chi connectivity index (χ2v) is 4.46. The number of nitrogens with zero attached hydrogens (tertiary/aromatic N) is 2. The molecule has 1 aromatic carbocycles. The molecule has 0 aromatic heterocycles. The summed E-state index contributed by atoms with van der Waals surface area (Å²) < 4.78 is 0. The number of hydrogen-bond acceptors (Lipinski definition) is 4. The van der Waals surface area contributed by atoms with Crippen molar-refractivity contribution in [2.75, 3.05) is 24.5 Å². The molecule has 1 saturated heterocycles. The second-order valence-electron chi connectivity index (χ2n) is 4.46. The summed E-state index contributed by atoms with van der Waals surface area (Å²) in [6.45, 7) is 1.41. The fourth-order valence-corrected chi connectivity index (χ4v) is 1.94. The maximum absolute atomic E-state index is 11.8. The Morgan fingerprint density at radius 1 is 1.16 bits per heavy atom. The lowest BCUT2D eigenvalue weighted by atomic mass is 10.2. The number of carboxylic acids is 1. The maximum Gasteiger partial charge on any atom is 0.323 e. The van der Waals surface area contributed by atoms with Crippen molar-refractivity contribution in [3.8, 4) is 0 Å². The van der Waals surface area contributed by atoms with Gasteiger partial charge >= 0.3 is 5.97 Å². The van der Waals surface area contributed by atoms with Crippen LogP contribution in [0, 0.1) is 6.92 Å². The van der Waals surface area contributed by atoms with Gasteiger partial charge in [-0.2, -0.15) is 0 Å². The first-order valence-electron chi connectivity index (χ1n) is 5.84. The third-order valence-corrected chi connectivity index (χ3v) is 2.95. The standard InChI is InChI=1S/C13H14N2O4/c1-9-2-4-10(5-3-9)14-6-11(16)15(8-13(18)19)12(17)7-14/h2-5H,6-8H2,1H3,(H,18,19). The smallest absolute Gasteiger partial charge is 0.323 e. The van der Waals surface area contributed by atoms with Crippen molar-refractivity contribution >= 4 is 23.5 Å². The first-order chi connectivity index (χ1) is 8.97. The van der Waals surface area contributed by atoms with Crippen LogP contribution in [-0.4, -0.2) is 47.4 Å². The van der Waals surface area contributed by atoms with E-state index in [1.165, 1.54) is 0 Å². The number of carbonyl (C=O) groups excluding carboxylic acids is 2. The van der Waals surface area contributed by atoms with Crippen LogP contribution in [0.5, 0.6) is 0 Å².